The summed E-state index contributed by atoms with van der Waals surface area (Å²) in [5.74, 6) is 0. The van der Waals surface area contributed by atoms with Gasteiger partial charge in [-0.15, -0.1) is 0 Å². The summed E-state index contributed by atoms with van der Waals surface area (Å²) in [6.45, 7) is 4.13. The first-order chi connectivity index (χ1) is 13.9. The maximum absolute atomic E-state index is 11.2. The molecule has 0 aliphatic carbocycles. The van der Waals surface area contributed by atoms with Crippen molar-refractivity contribution in [1.29, 1.82) is 0 Å². The van der Waals surface area contributed by atoms with E-state index >= 15 is 0 Å². The molecule has 0 fully saturated rings. The van der Waals surface area contributed by atoms with Crippen molar-refractivity contribution in [3.05, 3.63) is 0 Å². The third-order valence-electron chi connectivity index (χ3n) is 5.97. The molecule has 0 aromatic rings. The van der Waals surface area contributed by atoms with Gasteiger partial charge in [0.05, 0.1) is 16.2 Å². The van der Waals surface area contributed by atoms with Crippen LogP contribution in [0.1, 0.15) is 142 Å². The van der Waals surface area contributed by atoms with E-state index in [0.29, 0.717) is 12.8 Å². The summed E-state index contributed by atoms with van der Waals surface area (Å²) in [5.41, 5.74) is 0. The van der Waals surface area contributed by atoms with E-state index in [1.54, 1.807) is 0 Å². The summed E-state index contributed by atoms with van der Waals surface area (Å²) >= 11 is 0. The SMILES string of the molecule is CCCCCC(O)CCCCCCCCCCCCCCC(CCC)S(=O)(=O)[O-].[Na+]. The Balaban J connectivity index is 0. The summed E-state index contributed by atoms with van der Waals surface area (Å²) < 4.78 is 33.5. The third kappa shape index (κ3) is 22.1. The van der Waals surface area contributed by atoms with Crippen molar-refractivity contribution < 1.29 is 47.6 Å². The van der Waals surface area contributed by atoms with Crippen LogP contribution in [-0.4, -0.2) is 29.4 Å². The van der Waals surface area contributed by atoms with Gasteiger partial charge in [-0.1, -0.05) is 117 Å². The minimum Gasteiger partial charge on any atom is -0.748 e. The van der Waals surface area contributed by atoms with E-state index in [9.17, 15) is 18.1 Å². The predicted octanol–water partition coefficient (Wildman–Crippen LogP) is 4.11. The van der Waals surface area contributed by atoms with Crippen LogP contribution < -0.4 is 29.6 Å². The van der Waals surface area contributed by atoms with Crippen molar-refractivity contribution in [2.24, 2.45) is 0 Å². The Morgan fingerprint density at radius 2 is 0.967 bits per heavy atom. The van der Waals surface area contributed by atoms with E-state index < -0.39 is 15.4 Å². The first kappa shape index (κ1) is 33.0. The van der Waals surface area contributed by atoms with Crippen molar-refractivity contribution in [2.45, 2.75) is 154 Å². The summed E-state index contributed by atoms with van der Waals surface area (Å²) in [7, 11) is -4.12. The van der Waals surface area contributed by atoms with Gasteiger partial charge in [-0.25, -0.2) is 8.42 Å². The Morgan fingerprint density at radius 1 is 0.600 bits per heavy atom. The molecule has 0 bridgehead atoms. The molecule has 2 atom stereocenters. The molecule has 6 heteroatoms. The van der Waals surface area contributed by atoms with E-state index in [0.717, 1.165) is 38.5 Å². The van der Waals surface area contributed by atoms with Gasteiger partial charge < -0.3 is 9.66 Å². The van der Waals surface area contributed by atoms with Gasteiger partial charge in [0.25, 0.3) is 0 Å². The van der Waals surface area contributed by atoms with E-state index in [4.69, 9.17) is 0 Å². The van der Waals surface area contributed by atoms with Crippen LogP contribution >= 0.6 is 0 Å². The van der Waals surface area contributed by atoms with Crippen molar-refractivity contribution in [3.63, 3.8) is 0 Å². The van der Waals surface area contributed by atoms with Crippen molar-refractivity contribution in [3.8, 4) is 0 Å². The topological polar surface area (TPSA) is 77.4 Å². The molecule has 0 rings (SSSR count). The minimum atomic E-state index is -4.12. The molecule has 4 nitrogen and oxygen atoms in total. The summed E-state index contributed by atoms with van der Waals surface area (Å²) in [4.78, 5) is 0. The summed E-state index contributed by atoms with van der Waals surface area (Å²) in [5, 5.41) is 9.23. The molecular weight excluding hydrogens is 407 g/mol. The first-order valence-electron chi connectivity index (χ1n) is 12.5. The Bertz CT molecular complexity index is 442. The molecule has 0 aromatic heterocycles. The smallest absolute Gasteiger partial charge is 0.748 e. The third-order valence-corrected chi connectivity index (χ3v) is 7.26. The van der Waals surface area contributed by atoms with Crippen LogP contribution in [0.25, 0.3) is 0 Å². The molecule has 0 aliphatic heterocycles. The predicted molar refractivity (Wildman–Crippen MR) is 123 cm³/mol. The van der Waals surface area contributed by atoms with Crippen LogP contribution in [-0.2, 0) is 10.1 Å². The van der Waals surface area contributed by atoms with E-state index in [-0.39, 0.29) is 35.7 Å². The van der Waals surface area contributed by atoms with Crippen LogP contribution in [0.2, 0.25) is 0 Å². The second-order valence-electron chi connectivity index (χ2n) is 8.87. The molecule has 0 radical (unpaired) electrons. The quantitative estimate of drug-likeness (QED) is 0.151. The maximum atomic E-state index is 11.2. The Labute approximate surface area is 210 Å². The van der Waals surface area contributed by atoms with Crippen LogP contribution in [0.4, 0.5) is 0 Å². The molecule has 30 heavy (non-hydrogen) atoms. The van der Waals surface area contributed by atoms with Crippen LogP contribution in [0, 0.1) is 0 Å². The zero-order chi connectivity index (χ0) is 21.8. The number of aliphatic hydroxyl groups is 1. The second kappa shape index (κ2) is 23.0. The Morgan fingerprint density at radius 3 is 1.33 bits per heavy atom. The van der Waals surface area contributed by atoms with Crippen LogP contribution in [0.15, 0.2) is 0 Å². The Hall–Kier alpha value is 0.870. The molecule has 176 valence electrons. The van der Waals surface area contributed by atoms with Gasteiger partial charge in [-0.05, 0) is 25.7 Å². The van der Waals surface area contributed by atoms with E-state index in [1.807, 2.05) is 6.92 Å². The second-order valence-corrected chi connectivity index (χ2v) is 10.5. The van der Waals surface area contributed by atoms with Crippen molar-refractivity contribution in [2.75, 3.05) is 0 Å². The van der Waals surface area contributed by atoms with Crippen molar-refractivity contribution >= 4 is 10.1 Å². The molecule has 2 unspecified atom stereocenters. The average Bonchev–Trinajstić information content (AvgIpc) is 2.66. The molecule has 0 aliphatic rings. The fourth-order valence-corrected chi connectivity index (χ4v) is 5.03. The van der Waals surface area contributed by atoms with Gasteiger partial charge in [0.2, 0.25) is 0 Å². The summed E-state index contributed by atoms with van der Waals surface area (Å²) in [6.07, 6.45) is 21.8. The van der Waals surface area contributed by atoms with Gasteiger partial charge in [0.15, 0.2) is 0 Å². The van der Waals surface area contributed by atoms with Gasteiger partial charge >= 0.3 is 29.6 Å². The molecule has 1 N–H and O–H groups in total. The molecular formula is C24H49NaO4S. The standard InChI is InChI=1S/C24H50O4S.Na/c1-3-5-16-20-23(25)21-17-14-12-10-8-6-7-9-11-13-15-18-22-24(19-4-2)29(26,27)28;/h23-25H,3-22H2,1-2H3,(H,26,27,28);/q;+1/p-1. The van der Waals surface area contributed by atoms with Crippen molar-refractivity contribution in [1.82, 2.24) is 0 Å². The maximum Gasteiger partial charge on any atom is 1.00 e. The number of unbranched alkanes of at least 4 members (excludes halogenated alkanes) is 13. The number of hydrogen-bond donors (Lipinski definition) is 1. The van der Waals surface area contributed by atoms with E-state index in [1.165, 1.54) is 77.0 Å². The van der Waals surface area contributed by atoms with Crippen LogP contribution in [0.5, 0.6) is 0 Å². The fourth-order valence-electron chi connectivity index (χ4n) is 4.05. The molecule has 0 spiro atoms. The molecule has 0 saturated carbocycles. The molecule has 0 aromatic carbocycles. The van der Waals surface area contributed by atoms with Gasteiger partial charge in [-0.3, -0.25) is 0 Å². The largest absolute Gasteiger partial charge is 1.00 e. The van der Waals surface area contributed by atoms with Gasteiger partial charge in [0.1, 0.15) is 0 Å². The Kier molecular flexibility index (Phi) is 25.4. The zero-order valence-corrected chi connectivity index (χ0v) is 23.2. The molecule has 0 amide bonds. The molecule has 0 heterocycles. The number of rotatable bonds is 22. The number of aliphatic hydroxyl groups excluding tert-OH is 1. The monoisotopic (exact) mass is 456 g/mol. The molecule has 0 saturated heterocycles. The van der Waals surface area contributed by atoms with Gasteiger partial charge in [0, 0.05) is 5.25 Å². The van der Waals surface area contributed by atoms with Gasteiger partial charge in [-0.2, -0.15) is 0 Å². The number of hydrogen-bond acceptors (Lipinski definition) is 4. The first-order valence-corrected chi connectivity index (χ1v) is 14.0. The average molecular weight is 457 g/mol. The minimum absolute atomic E-state index is 0. The van der Waals surface area contributed by atoms with Crippen LogP contribution in [0.3, 0.4) is 0 Å². The fraction of sp³-hybridized carbons (Fsp3) is 1.00. The van der Waals surface area contributed by atoms with E-state index in [2.05, 4.69) is 6.92 Å². The zero-order valence-electron chi connectivity index (χ0n) is 20.4. The normalized spacial score (nSPS) is 13.7. The summed E-state index contributed by atoms with van der Waals surface area (Å²) in [6, 6.07) is 0.